The quantitative estimate of drug-likeness (QED) is 0.637. The molecule has 1 heterocycles. The summed E-state index contributed by atoms with van der Waals surface area (Å²) in [7, 11) is 1.64. The van der Waals surface area contributed by atoms with Gasteiger partial charge in [-0.15, -0.1) is 5.10 Å². The van der Waals surface area contributed by atoms with Crippen molar-refractivity contribution in [2.45, 2.75) is 19.9 Å². The summed E-state index contributed by atoms with van der Waals surface area (Å²) in [5.74, 6) is -0.423. The molecule has 7 heteroatoms. The molecule has 1 aromatic heterocycles. The maximum absolute atomic E-state index is 11.7. The zero-order valence-electron chi connectivity index (χ0n) is 10.00. The lowest BCUT2D eigenvalue weighted by atomic mass is 10.4. The first-order valence-corrected chi connectivity index (χ1v) is 5.37. The van der Waals surface area contributed by atoms with Crippen LogP contribution in [0.2, 0.25) is 0 Å². The highest BCUT2D eigenvalue weighted by molar-refractivity contribution is 5.76. The highest BCUT2D eigenvalue weighted by Crippen LogP contribution is 1.94. The van der Waals surface area contributed by atoms with Crippen LogP contribution in [0.25, 0.3) is 0 Å². The van der Waals surface area contributed by atoms with Crippen molar-refractivity contribution in [3.63, 3.8) is 0 Å². The smallest absolute Gasteiger partial charge is 0.307 e. The summed E-state index contributed by atoms with van der Waals surface area (Å²) in [5, 5.41) is 7.29. The van der Waals surface area contributed by atoms with Crippen molar-refractivity contribution in [3.8, 4) is 0 Å². The molecule has 0 aliphatic rings. The number of esters is 1. The summed E-state index contributed by atoms with van der Waals surface area (Å²) >= 11 is 0. The van der Waals surface area contributed by atoms with E-state index < -0.39 is 0 Å². The zero-order chi connectivity index (χ0) is 12.7. The molecule has 0 atom stereocenters. The number of amides is 1. The number of nitrogens with zero attached hydrogens (tertiary/aromatic N) is 4. The van der Waals surface area contributed by atoms with Gasteiger partial charge in [-0.2, -0.15) is 0 Å². The standard InChI is InChI=1S/C10H16N4O3/c1-3-17-10(16)4-6-13(2)9(15)8-14-7-5-11-12-14/h5,7H,3-4,6,8H2,1-2H3. The fourth-order valence-electron chi connectivity index (χ4n) is 1.19. The monoisotopic (exact) mass is 240 g/mol. The Morgan fingerprint density at radius 2 is 2.24 bits per heavy atom. The Kier molecular flexibility index (Phi) is 5.12. The van der Waals surface area contributed by atoms with Crippen LogP contribution in [0.3, 0.4) is 0 Å². The van der Waals surface area contributed by atoms with Gasteiger partial charge < -0.3 is 9.64 Å². The van der Waals surface area contributed by atoms with Crippen LogP contribution in [-0.2, 0) is 20.9 Å². The molecule has 7 nitrogen and oxygen atoms in total. The number of aromatic nitrogens is 3. The van der Waals surface area contributed by atoms with Crippen LogP contribution in [0.5, 0.6) is 0 Å². The van der Waals surface area contributed by atoms with Gasteiger partial charge in [0.2, 0.25) is 5.91 Å². The van der Waals surface area contributed by atoms with Gasteiger partial charge in [-0.3, -0.25) is 9.59 Å². The number of carbonyl (C=O) groups is 2. The SMILES string of the molecule is CCOC(=O)CCN(C)C(=O)Cn1ccnn1. The summed E-state index contributed by atoms with van der Waals surface area (Å²) in [6.45, 7) is 2.57. The van der Waals surface area contributed by atoms with E-state index in [1.165, 1.54) is 15.8 Å². The molecule has 17 heavy (non-hydrogen) atoms. The Morgan fingerprint density at radius 1 is 1.47 bits per heavy atom. The van der Waals surface area contributed by atoms with Crippen molar-refractivity contribution in [2.24, 2.45) is 0 Å². The van der Waals surface area contributed by atoms with Crippen LogP contribution in [-0.4, -0.2) is 52.0 Å². The maximum Gasteiger partial charge on any atom is 0.307 e. The van der Waals surface area contributed by atoms with Gasteiger partial charge >= 0.3 is 5.97 Å². The van der Waals surface area contributed by atoms with Crippen molar-refractivity contribution in [1.82, 2.24) is 19.9 Å². The molecule has 0 spiro atoms. The molecule has 0 saturated heterocycles. The lowest BCUT2D eigenvalue weighted by Crippen LogP contribution is -2.32. The molecule has 0 N–H and O–H groups in total. The second-order valence-electron chi connectivity index (χ2n) is 3.47. The van der Waals surface area contributed by atoms with Gasteiger partial charge in [0, 0.05) is 19.8 Å². The predicted octanol–water partition coefficient (Wildman–Crippen LogP) is -0.310. The molecular formula is C10H16N4O3. The van der Waals surface area contributed by atoms with Gasteiger partial charge in [0.15, 0.2) is 0 Å². The van der Waals surface area contributed by atoms with Crippen LogP contribution in [0, 0.1) is 0 Å². The zero-order valence-corrected chi connectivity index (χ0v) is 10.00. The molecular weight excluding hydrogens is 224 g/mol. The average Bonchev–Trinajstić information content (AvgIpc) is 2.79. The maximum atomic E-state index is 11.7. The van der Waals surface area contributed by atoms with Crippen molar-refractivity contribution in [3.05, 3.63) is 12.4 Å². The minimum absolute atomic E-state index is 0.124. The topological polar surface area (TPSA) is 77.3 Å². The predicted molar refractivity (Wildman–Crippen MR) is 58.9 cm³/mol. The van der Waals surface area contributed by atoms with Gasteiger partial charge in [-0.25, -0.2) is 4.68 Å². The van der Waals surface area contributed by atoms with E-state index in [1.807, 2.05) is 0 Å². The Balaban J connectivity index is 2.29. The van der Waals surface area contributed by atoms with Crippen LogP contribution in [0.4, 0.5) is 0 Å². The Hall–Kier alpha value is -1.92. The van der Waals surface area contributed by atoms with E-state index in [0.29, 0.717) is 13.2 Å². The molecule has 0 aromatic carbocycles. The molecule has 0 aliphatic carbocycles. The third-order valence-electron chi connectivity index (χ3n) is 2.15. The fraction of sp³-hybridized carbons (Fsp3) is 0.600. The van der Waals surface area contributed by atoms with Crippen molar-refractivity contribution in [2.75, 3.05) is 20.2 Å². The molecule has 0 bridgehead atoms. The Bertz CT molecular complexity index is 364. The Labute approximate surface area is 99.3 Å². The second-order valence-corrected chi connectivity index (χ2v) is 3.47. The molecule has 1 amide bonds. The molecule has 0 fully saturated rings. The third-order valence-corrected chi connectivity index (χ3v) is 2.15. The second kappa shape index (κ2) is 6.62. The van der Waals surface area contributed by atoms with E-state index in [4.69, 9.17) is 4.74 Å². The fourth-order valence-corrected chi connectivity index (χ4v) is 1.19. The molecule has 0 aliphatic heterocycles. The van der Waals surface area contributed by atoms with Crippen LogP contribution in [0.1, 0.15) is 13.3 Å². The summed E-state index contributed by atoms with van der Waals surface area (Å²) < 4.78 is 6.21. The molecule has 0 radical (unpaired) electrons. The van der Waals surface area contributed by atoms with Gasteiger partial charge in [0.05, 0.1) is 19.2 Å². The van der Waals surface area contributed by atoms with E-state index in [-0.39, 0.29) is 24.8 Å². The lowest BCUT2D eigenvalue weighted by Gasteiger charge is -2.16. The summed E-state index contributed by atoms with van der Waals surface area (Å²) in [6, 6.07) is 0. The van der Waals surface area contributed by atoms with Gasteiger partial charge in [0.25, 0.3) is 0 Å². The van der Waals surface area contributed by atoms with Crippen LogP contribution >= 0.6 is 0 Å². The molecule has 1 aromatic rings. The Morgan fingerprint density at radius 3 is 2.82 bits per heavy atom. The minimum atomic E-state index is -0.298. The normalized spacial score (nSPS) is 10.0. The number of hydrogen-bond acceptors (Lipinski definition) is 5. The number of carbonyl (C=O) groups excluding carboxylic acids is 2. The van der Waals surface area contributed by atoms with Gasteiger partial charge in [-0.05, 0) is 6.92 Å². The first kappa shape index (κ1) is 13.1. The van der Waals surface area contributed by atoms with Crippen molar-refractivity contribution >= 4 is 11.9 Å². The summed E-state index contributed by atoms with van der Waals surface area (Å²) in [5.41, 5.74) is 0. The van der Waals surface area contributed by atoms with E-state index in [0.717, 1.165) is 0 Å². The summed E-state index contributed by atoms with van der Waals surface area (Å²) in [4.78, 5) is 24.2. The molecule has 0 unspecified atom stereocenters. The lowest BCUT2D eigenvalue weighted by molar-refractivity contribution is -0.143. The molecule has 1 rings (SSSR count). The number of hydrogen-bond donors (Lipinski definition) is 0. The van der Waals surface area contributed by atoms with E-state index in [1.54, 1.807) is 20.2 Å². The van der Waals surface area contributed by atoms with E-state index >= 15 is 0 Å². The van der Waals surface area contributed by atoms with Gasteiger partial charge in [-0.1, -0.05) is 5.21 Å². The first-order chi connectivity index (χ1) is 8.13. The van der Waals surface area contributed by atoms with Gasteiger partial charge in [0.1, 0.15) is 6.54 Å². The first-order valence-electron chi connectivity index (χ1n) is 5.37. The van der Waals surface area contributed by atoms with Crippen molar-refractivity contribution in [1.29, 1.82) is 0 Å². The van der Waals surface area contributed by atoms with E-state index in [2.05, 4.69) is 10.3 Å². The van der Waals surface area contributed by atoms with Crippen LogP contribution < -0.4 is 0 Å². The molecule has 94 valence electrons. The minimum Gasteiger partial charge on any atom is -0.466 e. The number of likely N-dealkylation sites (N-methyl/N-ethyl adjacent to an activating group) is 1. The number of rotatable bonds is 6. The number of ether oxygens (including phenoxy) is 1. The summed E-state index contributed by atoms with van der Waals surface area (Å²) in [6.07, 6.45) is 3.32. The highest BCUT2D eigenvalue weighted by Gasteiger charge is 2.11. The average molecular weight is 240 g/mol. The third kappa shape index (κ3) is 4.62. The van der Waals surface area contributed by atoms with E-state index in [9.17, 15) is 9.59 Å². The molecule has 0 saturated carbocycles. The van der Waals surface area contributed by atoms with Crippen molar-refractivity contribution < 1.29 is 14.3 Å². The largest absolute Gasteiger partial charge is 0.466 e. The highest BCUT2D eigenvalue weighted by atomic mass is 16.5. The van der Waals surface area contributed by atoms with Crippen LogP contribution in [0.15, 0.2) is 12.4 Å².